The standard InChI is InChI=1S/C14H19NO3S/c1-2-15-11-4-7-19(16)14-9-13-12(8-10(11)14)17-5-3-6-18-13/h8-9,11,15H,2-7H2,1H3. The van der Waals surface area contributed by atoms with Crippen LogP contribution in [0.2, 0.25) is 0 Å². The summed E-state index contributed by atoms with van der Waals surface area (Å²) < 4.78 is 23.6. The Balaban J connectivity index is 2.04. The van der Waals surface area contributed by atoms with Crippen LogP contribution in [-0.4, -0.2) is 29.7 Å². The first-order chi connectivity index (χ1) is 9.29. The fourth-order valence-electron chi connectivity index (χ4n) is 2.62. The predicted molar refractivity (Wildman–Crippen MR) is 74.4 cm³/mol. The highest BCUT2D eigenvalue weighted by Crippen LogP contribution is 2.39. The molecule has 1 N–H and O–H groups in total. The Hall–Kier alpha value is -1.07. The number of hydrogen-bond donors (Lipinski definition) is 1. The number of nitrogens with one attached hydrogen (secondary N) is 1. The zero-order chi connectivity index (χ0) is 13.2. The second-order valence-electron chi connectivity index (χ2n) is 4.84. The van der Waals surface area contributed by atoms with E-state index in [2.05, 4.69) is 12.2 Å². The summed E-state index contributed by atoms with van der Waals surface area (Å²) in [5.74, 6) is 2.24. The van der Waals surface area contributed by atoms with E-state index < -0.39 is 10.8 Å². The van der Waals surface area contributed by atoms with E-state index in [9.17, 15) is 4.21 Å². The van der Waals surface area contributed by atoms with Crippen molar-refractivity contribution in [2.24, 2.45) is 0 Å². The number of benzene rings is 1. The summed E-state index contributed by atoms with van der Waals surface area (Å²) in [5.41, 5.74) is 1.11. The summed E-state index contributed by atoms with van der Waals surface area (Å²) in [5, 5.41) is 3.45. The van der Waals surface area contributed by atoms with Gasteiger partial charge >= 0.3 is 0 Å². The highest BCUT2D eigenvalue weighted by molar-refractivity contribution is 7.85. The van der Waals surface area contributed by atoms with Crippen LogP contribution in [0.5, 0.6) is 11.5 Å². The first-order valence-corrected chi connectivity index (χ1v) is 8.16. The van der Waals surface area contributed by atoms with Gasteiger partial charge in [-0.05, 0) is 24.6 Å². The van der Waals surface area contributed by atoms with Crippen molar-refractivity contribution in [2.75, 3.05) is 25.5 Å². The van der Waals surface area contributed by atoms with Gasteiger partial charge in [0.25, 0.3) is 0 Å². The zero-order valence-electron chi connectivity index (χ0n) is 11.1. The van der Waals surface area contributed by atoms with Crippen molar-refractivity contribution in [3.8, 4) is 11.5 Å². The molecule has 0 fully saturated rings. The monoisotopic (exact) mass is 281 g/mol. The first kappa shape index (κ1) is 12.9. The van der Waals surface area contributed by atoms with Crippen LogP contribution in [0.25, 0.3) is 0 Å². The van der Waals surface area contributed by atoms with E-state index in [0.29, 0.717) is 19.0 Å². The van der Waals surface area contributed by atoms with Gasteiger partial charge in [0.05, 0.1) is 24.0 Å². The summed E-state index contributed by atoms with van der Waals surface area (Å²) in [7, 11) is -0.919. The van der Waals surface area contributed by atoms with E-state index in [4.69, 9.17) is 9.47 Å². The van der Waals surface area contributed by atoms with Gasteiger partial charge in [-0.25, -0.2) is 0 Å². The molecule has 2 heterocycles. The predicted octanol–water partition coefficient (Wildman–Crippen LogP) is 2.01. The Labute approximate surface area is 115 Å². The van der Waals surface area contributed by atoms with Gasteiger partial charge in [0.15, 0.2) is 11.5 Å². The van der Waals surface area contributed by atoms with E-state index in [0.717, 1.165) is 41.3 Å². The minimum atomic E-state index is -0.919. The van der Waals surface area contributed by atoms with Crippen LogP contribution < -0.4 is 14.8 Å². The average molecular weight is 281 g/mol. The minimum Gasteiger partial charge on any atom is -0.490 e. The second-order valence-corrected chi connectivity index (χ2v) is 6.37. The highest BCUT2D eigenvalue weighted by atomic mass is 32.2. The zero-order valence-corrected chi connectivity index (χ0v) is 11.9. The molecule has 0 aliphatic carbocycles. The van der Waals surface area contributed by atoms with Gasteiger partial charge in [-0.2, -0.15) is 0 Å². The van der Waals surface area contributed by atoms with Crippen LogP contribution in [0, 0.1) is 0 Å². The van der Waals surface area contributed by atoms with E-state index in [1.165, 1.54) is 0 Å². The third-order valence-electron chi connectivity index (χ3n) is 3.54. The van der Waals surface area contributed by atoms with Crippen molar-refractivity contribution < 1.29 is 13.7 Å². The maximum Gasteiger partial charge on any atom is 0.162 e. The lowest BCUT2D eigenvalue weighted by atomic mass is 10.0. The molecule has 0 saturated carbocycles. The molecule has 19 heavy (non-hydrogen) atoms. The summed E-state index contributed by atoms with van der Waals surface area (Å²) >= 11 is 0. The molecule has 4 nitrogen and oxygen atoms in total. The Bertz CT molecular complexity index is 504. The summed E-state index contributed by atoms with van der Waals surface area (Å²) in [6, 6.07) is 4.20. The van der Waals surface area contributed by atoms with Gasteiger partial charge in [-0.3, -0.25) is 4.21 Å². The van der Waals surface area contributed by atoms with Crippen molar-refractivity contribution in [1.82, 2.24) is 5.32 Å². The molecule has 0 aromatic heterocycles. The molecule has 3 rings (SSSR count). The lowest BCUT2D eigenvalue weighted by Gasteiger charge is -2.26. The van der Waals surface area contributed by atoms with Crippen molar-refractivity contribution in [1.29, 1.82) is 0 Å². The molecule has 2 aliphatic rings. The molecule has 2 unspecified atom stereocenters. The molecule has 104 valence electrons. The Kier molecular flexibility index (Phi) is 3.75. The lowest BCUT2D eigenvalue weighted by molar-refractivity contribution is 0.296. The molecule has 0 spiro atoms. The highest BCUT2D eigenvalue weighted by Gasteiger charge is 2.27. The van der Waals surface area contributed by atoms with E-state index in [1.807, 2.05) is 12.1 Å². The molecule has 2 aliphatic heterocycles. The van der Waals surface area contributed by atoms with Gasteiger partial charge in [0, 0.05) is 29.2 Å². The SMILES string of the molecule is CCNC1CCS(=O)c2cc3c(cc21)OCCCO3. The van der Waals surface area contributed by atoms with Gasteiger partial charge in [0.1, 0.15) is 0 Å². The average Bonchev–Trinajstić information content (AvgIpc) is 2.65. The molecule has 0 amide bonds. The number of hydrogen-bond acceptors (Lipinski definition) is 4. The smallest absolute Gasteiger partial charge is 0.162 e. The molecule has 1 aromatic carbocycles. The second kappa shape index (κ2) is 5.51. The lowest BCUT2D eigenvalue weighted by Crippen LogP contribution is -2.27. The number of rotatable bonds is 2. The molecule has 0 saturated heterocycles. The molecule has 5 heteroatoms. The van der Waals surface area contributed by atoms with Crippen LogP contribution >= 0.6 is 0 Å². The molecule has 0 radical (unpaired) electrons. The quantitative estimate of drug-likeness (QED) is 0.901. The minimum absolute atomic E-state index is 0.273. The van der Waals surface area contributed by atoms with Crippen LogP contribution in [0.3, 0.4) is 0 Å². The third-order valence-corrected chi connectivity index (χ3v) is 4.99. The molecular formula is C14H19NO3S. The molecular weight excluding hydrogens is 262 g/mol. The maximum atomic E-state index is 12.2. The topological polar surface area (TPSA) is 47.6 Å². The summed E-state index contributed by atoms with van der Waals surface area (Å²) in [6.07, 6.45) is 1.80. The van der Waals surface area contributed by atoms with Gasteiger partial charge < -0.3 is 14.8 Å². The van der Waals surface area contributed by atoms with Crippen LogP contribution in [0.4, 0.5) is 0 Å². The van der Waals surface area contributed by atoms with Gasteiger partial charge in [-0.15, -0.1) is 0 Å². The Morgan fingerprint density at radius 2 is 2.05 bits per heavy atom. The Morgan fingerprint density at radius 1 is 1.32 bits per heavy atom. The van der Waals surface area contributed by atoms with E-state index >= 15 is 0 Å². The molecule has 0 bridgehead atoms. The number of fused-ring (bicyclic) bond motifs is 2. The van der Waals surface area contributed by atoms with E-state index in [-0.39, 0.29) is 6.04 Å². The normalized spacial score (nSPS) is 25.5. The first-order valence-electron chi connectivity index (χ1n) is 6.85. The van der Waals surface area contributed by atoms with Crippen molar-refractivity contribution in [3.63, 3.8) is 0 Å². The van der Waals surface area contributed by atoms with Gasteiger partial charge in [-0.1, -0.05) is 6.92 Å². The summed E-state index contributed by atoms with van der Waals surface area (Å²) in [6.45, 7) is 4.34. The van der Waals surface area contributed by atoms with Crippen LogP contribution in [-0.2, 0) is 10.8 Å². The van der Waals surface area contributed by atoms with Crippen molar-refractivity contribution >= 4 is 10.8 Å². The van der Waals surface area contributed by atoms with Crippen LogP contribution in [0.1, 0.15) is 31.4 Å². The fraction of sp³-hybridized carbons (Fsp3) is 0.571. The maximum absolute atomic E-state index is 12.2. The largest absolute Gasteiger partial charge is 0.490 e. The fourth-order valence-corrected chi connectivity index (χ4v) is 4.00. The summed E-state index contributed by atoms with van der Waals surface area (Å²) in [4.78, 5) is 0.904. The van der Waals surface area contributed by atoms with Crippen molar-refractivity contribution in [2.45, 2.75) is 30.7 Å². The van der Waals surface area contributed by atoms with Crippen LogP contribution in [0.15, 0.2) is 17.0 Å². The molecule has 1 aromatic rings. The van der Waals surface area contributed by atoms with Gasteiger partial charge in [0.2, 0.25) is 0 Å². The van der Waals surface area contributed by atoms with Crippen molar-refractivity contribution in [3.05, 3.63) is 17.7 Å². The van der Waals surface area contributed by atoms with E-state index in [1.54, 1.807) is 0 Å². The number of ether oxygens (including phenoxy) is 2. The Morgan fingerprint density at radius 3 is 2.79 bits per heavy atom. The third kappa shape index (κ3) is 2.49. The molecule has 2 atom stereocenters.